The summed E-state index contributed by atoms with van der Waals surface area (Å²) >= 11 is 0. The van der Waals surface area contributed by atoms with Crippen LogP contribution in [-0.2, 0) is 22.6 Å². The molecule has 1 atom stereocenters. The molecule has 1 fully saturated rings. The SMILES string of the molecule is COc1ccc2c(c1)CC(C(=O)N1CCN(Cc3cccc(F)c3)C(=O)C1)CO2. The molecule has 2 aliphatic rings. The molecule has 2 aromatic rings. The van der Waals surface area contributed by atoms with E-state index >= 15 is 0 Å². The van der Waals surface area contributed by atoms with Crippen molar-refractivity contribution in [3.8, 4) is 11.5 Å². The van der Waals surface area contributed by atoms with Crippen LogP contribution in [0.2, 0.25) is 0 Å². The Morgan fingerprint density at radius 1 is 1.24 bits per heavy atom. The zero-order valence-electron chi connectivity index (χ0n) is 16.3. The molecule has 0 aliphatic carbocycles. The van der Waals surface area contributed by atoms with Crippen LogP contribution in [-0.4, -0.2) is 55.0 Å². The van der Waals surface area contributed by atoms with Gasteiger partial charge in [-0.1, -0.05) is 12.1 Å². The zero-order valence-corrected chi connectivity index (χ0v) is 16.3. The van der Waals surface area contributed by atoms with Gasteiger partial charge < -0.3 is 19.3 Å². The maximum absolute atomic E-state index is 13.4. The van der Waals surface area contributed by atoms with Gasteiger partial charge in [-0.15, -0.1) is 0 Å². The summed E-state index contributed by atoms with van der Waals surface area (Å²) < 4.78 is 24.4. The van der Waals surface area contributed by atoms with Crippen LogP contribution in [0.5, 0.6) is 11.5 Å². The molecule has 0 radical (unpaired) electrons. The molecule has 7 heteroatoms. The molecule has 2 amide bonds. The summed E-state index contributed by atoms with van der Waals surface area (Å²) in [5, 5.41) is 0. The summed E-state index contributed by atoms with van der Waals surface area (Å²) in [6, 6.07) is 11.8. The van der Waals surface area contributed by atoms with Crippen LogP contribution in [0.15, 0.2) is 42.5 Å². The van der Waals surface area contributed by atoms with E-state index in [0.29, 0.717) is 32.7 Å². The second kappa shape index (κ2) is 8.11. The van der Waals surface area contributed by atoms with Crippen LogP contribution in [0.3, 0.4) is 0 Å². The maximum atomic E-state index is 13.4. The lowest BCUT2D eigenvalue weighted by Crippen LogP contribution is -2.54. The Morgan fingerprint density at radius 2 is 2.10 bits per heavy atom. The van der Waals surface area contributed by atoms with Crippen molar-refractivity contribution in [1.82, 2.24) is 9.80 Å². The van der Waals surface area contributed by atoms with E-state index in [4.69, 9.17) is 9.47 Å². The molecule has 152 valence electrons. The molecule has 0 aromatic heterocycles. The van der Waals surface area contributed by atoms with Gasteiger partial charge in [0.1, 0.15) is 23.9 Å². The number of ether oxygens (including phenoxy) is 2. The van der Waals surface area contributed by atoms with Crippen molar-refractivity contribution < 1.29 is 23.5 Å². The number of benzene rings is 2. The molecular formula is C22H23FN2O4. The topological polar surface area (TPSA) is 59.1 Å². The smallest absolute Gasteiger partial charge is 0.242 e. The van der Waals surface area contributed by atoms with Gasteiger partial charge in [0.05, 0.1) is 19.6 Å². The van der Waals surface area contributed by atoms with Crippen LogP contribution in [0, 0.1) is 11.7 Å². The van der Waals surface area contributed by atoms with Crippen LogP contribution in [0.25, 0.3) is 0 Å². The number of carbonyl (C=O) groups is 2. The third kappa shape index (κ3) is 4.18. The molecular weight excluding hydrogens is 375 g/mol. The molecule has 1 unspecified atom stereocenters. The van der Waals surface area contributed by atoms with Crippen LogP contribution >= 0.6 is 0 Å². The van der Waals surface area contributed by atoms with Crippen LogP contribution < -0.4 is 9.47 Å². The second-order valence-electron chi connectivity index (χ2n) is 7.39. The Bertz CT molecular complexity index is 933. The highest BCUT2D eigenvalue weighted by Gasteiger charge is 2.34. The number of methoxy groups -OCH3 is 1. The van der Waals surface area contributed by atoms with E-state index in [1.54, 1.807) is 29.0 Å². The summed E-state index contributed by atoms with van der Waals surface area (Å²) in [5.41, 5.74) is 1.68. The van der Waals surface area contributed by atoms with Crippen molar-refractivity contribution in [1.29, 1.82) is 0 Å². The van der Waals surface area contributed by atoms with E-state index in [1.165, 1.54) is 12.1 Å². The van der Waals surface area contributed by atoms with Crippen molar-refractivity contribution >= 4 is 11.8 Å². The Morgan fingerprint density at radius 3 is 2.86 bits per heavy atom. The highest BCUT2D eigenvalue weighted by Crippen LogP contribution is 2.31. The average Bonchev–Trinajstić information content (AvgIpc) is 2.74. The summed E-state index contributed by atoms with van der Waals surface area (Å²) in [6.07, 6.45) is 0.559. The zero-order chi connectivity index (χ0) is 20.4. The lowest BCUT2D eigenvalue weighted by atomic mass is 9.95. The first-order chi connectivity index (χ1) is 14.0. The van der Waals surface area contributed by atoms with Gasteiger partial charge in [-0.25, -0.2) is 4.39 Å². The number of fused-ring (bicyclic) bond motifs is 1. The number of carbonyl (C=O) groups excluding carboxylic acids is 2. The largest absolute Gasteiger partial charge is 0.497 e. The van der Waals surface area contributed by atoms with Crippen LogP contribution in [0.4, 0.5) is 4.39 Å². The highest BCUT2D eigenvalue weighted by molar-refractivity contribution is 5.87. The van der Waals surface area contributed by atoms with Gasteiger partial charge in [0.2, 0.25) is 11.8 Å². The van der Waals surface area contributed by atoms with Gasteiger partial charge in [-0.2, -0.15) is 0 Å². The number of nitrogens with zero attached hydrogens (tertiary/aromatic N) is 2. The molecule has 0 saturated carbocycles. The van der Waals surface area contributed by atoms with Crippen molar-refractivity contribution in [2.24, 2.45) is 5.92 Å². The minimum atomic E-state index is -0.322. The molecule has 2 aromatic carbocycles. The number of amides is 2. The quantitative estimate of drug-likeness (QED) is 0.793. The molecule has 0 spiro atoms. The molecule has 2 heterocycles. The highest BCUT2D eigenvalue weighted by atomic mass is 19.1. The minimum Gasteiger partial charge on any atom is -0.497 e. The maximum Gasteiger partial charge on any atom is 0.242 e. The Hall–Kier alpha value is -3.09. The first-order valence-electron chi connectivity index (χ1n) is 9.64. The normalized spacial score (nSPS) is 18.8. The van der Waals surface area contributed by atoms with E-state index in [1.807, 2.05) is 18.2 Å². The number of hydrogen-bond donors (Lipinski definition) is 0. The van der Waals surface area contributed by atoms with Gasteiger partial charge in [0, 0.05) is 19.6 Å². The third-order valence-corrected chi connectivity index (χ3v) is 5.42. The van der Waals surface area contributed by atoms with Gasteiger partial charge >= 0.3 is 0 Å². The number of hydrogen-bond acceptors (Lipinski definition) is 4. The Kier molecular flexibility index (Phi) is 5.38. The lowest BCUT2D eigenvalue weighted by molar-refractivity contribution is -0.148. The molecule has 0 bridgehead atoms. The molecule has 2 aliphatic heterocycles. The summed E-state index contributed by atoms with van der Waals surface area (Å²) in [6.45, 7) is 1.57. The van der Waals surface area contributed by atoms with Gasteiger partial charge in [-0.3, -0.25) is 9.59 Å². The molecule has 0 N–H and O–H groups in total. The molecule has 4 rings (SSSR count). The second-order valence-corrected chi connectivity index (χ2v) is 7.39. The van der Waals surface area contributed by atoms with Crippen molar-refractivity contribution in [3.05, 3.63) is 59.4 Å². The lowest BCUT2D eigenvalue weighted by Gasteiger charge is -2.37. The summed E-state index contributed by atoms with van der Waals surface area (Å²) in [4.78, 5) is 28.8. The van der Waals surface area contributed by atoms with Crippen molar-refractivity contribution in [3.63, 3.8) is 0 Å². The summed E-state index contributed by atoms with van der Waals surface area (Å²) in [5.74, 6) is 0.646. The minimum absolute atomic E-state index is 0.0373. The van der Waals surface area contributed by atoms with Gasteiger partial charge in [-0.05, 0) is 47.9 Å². The predicted molar refractivity (Wildman–Crippen MR) is 104 cm³/mol. The van der Waals surface area contributed by atoms with Gasteiger partial charge in [0.25, 0.3) is 0 Å². The molecule has 6 nitrogen and oxygen atoms in total. The summed E-state index contributed by atoms with van der Waals surface area (Å²) in [7, 11) is 1.60. The van der Waals surface area contributed by atoms with E-state index in [-0.39, 0.29) is 30.1 Å². The van der Waals surface area contributed by atoms with E-state index in [2.05, 4.69) is 0 Å². The standard InChI is InChI=1S/C22H23FN2O4/c1-28-19-5-6-20-16(11-19)10-17(14-29-20)22(27)25-8-7-24(21(26)13-25)12-15-3-2-4-18(23)9-15/h2-6,9,11,17H,7-8,10,12-14H2,1H3. The Balaban J connectivity index is 1.37. The fraction of sp³-hybridized carbons (Fsp3) is 0.364. The first-order valence-corrected chi connectivity index (χ1v) is 9.64. The molecule has 1 saturated heterocycles. The van der Waals surface area contributed by atoms with E-state index < -0.39 is 0 Å². The monoisotopic (exact) mass is 398 g/mol. The molecule has 29 heavy (non-hydrogen) atoms. The van der Waals surface area contributed by atoms with Crippen LogP contribution in [0.1, 0.15) is 11.1 Å². The average molecular weight is 398 g/mol. The van der Waals surface area contributed by atoms with Crippen molar-refractivity contribution in [2.45, 2.75) is 13.0 Å². The number of halogens is 1. The fourth-order valence-corrected chi connectivity index (χ4v) is 3.83. The van der Waals surface area contributed by atoms with Crippen molar-refractivity contribution in [2.75, 3.05) is 33.4 Å². The third-order valence-electron chi connectivity index (χ3n) is 5.42. The van der Waals surface area contributed by atoms with Gasteiger partial charge in [0.15, 0.2) is 0 Å². The number of piperazine rings is 1. The Labute approximate surface area is 168 Å². The fourth-order valence-electron chi connectivity index (χ4n) is 3.83. The van der Waals surface area contributed by atoms with E-state index in [9.17, 15) is 14.0 Å². The van der Waals surface area contributed by atoms with E-state index in [0.717, 1.165) is 22.6 Å². The predicted octanol–water partition coefficient (Wildman–Crippen LogP) is 2.26. The first kappa shape index (κ1) is 19.2. The number of rotatable bonds is 4.